The van der Waals surface area contributed by atoms with Gasteiger partial charge in [-0.3, -0.25) is 10.1 Å². The molecular weight excluding hydrogens is 316 g/mol. The summed E-state index contributed by atoms with van der Waals surface area (Å²) in [5, 5.41) is 20.1. The quantitative estimate of drug-likeness (QED) is 0.392. The van der Waals surface area contributed by atoms with Gasteiger partial charge in [-0.1, -0.05) is 6.07 Å². The number of ether oxygens (including phenoxy) is 1. The number of nitrogens with zero attached hydrogens (tertiary/aromatic N) is 2. The Hall–Kier alpha value is -1.18. The summed E-state index contributed by atoms with van der Waals surface area (Å²) in [7, 11) is 2.02. The van der Waals surface area contributed by atoms with Gasteiger partial charge in [0.15, 0.2) is 0 Å². The van der Waals surface area contributed by atoms with Crippen LogP contribution in [0.4, 0.5) is 5.69 Å². The number of hydrogen-bond donors (Lipinski definition) is 1. The highest BCUT2D eigenvalue weighted by molar-refractivity contribution is 5.51. The van der Waals surface area contributed by atoms with Crippen LogP contribution in [-0.2, 0) is 6.54 Å². The highest BCUT2D eigenvalue weighted by atomic mass is 79.9. The Kier molecular flexibility index (Phi) is 5.28. The van der Waals surface area contributed by atoms with E-state index in [1.54, 1.807) is 6.07 Å². The number of para-hydroxylation sites is 1. The van der Waals surface area contributed by atoms with Gasteiger partial charge in [-0.25, -0.2) is 0 Å². The molecule has 0 radical (unpaired) electrons. The van der Waals surface area contributed by atoms with Gasteiger partial charge < -0.3 is 31.3 Å². The monoisotopic (exact) mass is 332 g/mol. The lowest BCUT2D eigenvalue weighted by molar-refractivity contribution is -0.921. The summed E-state index contributed by atoms with van der Waals surface area (Å²) in [5.41, 5.74) is 0.850. The van der Waals surface area contributed by atoms with Crippen LogP contribution in [-0.4, -0.2) is 47.9 Å². The molecule has 0 spiro atoms. The van der Waals surface area contributed by atoms with Gasteiger partial charge in [0.25, 0.3) is 0 Å². The highest BCUT2D eigenvalue weighted by Gasteiger charge is 2.30. The first-order valence-corrected chi connectivity index (χ1v) is 5.89. The number of nitro groups is 1. The second-order valence-corrected chi connectivity index (χ2v) is 4.82. The van der Waals surface area contributed by atoms with Crippen molar-refractivity contribution in [3.05, 3.63) is 33.9 Å². The Labute approximate surface area is 122 Å². The van der Waals surface area contributed by atoms with Gasteiger partial charge in [0.05, 0.1) is 24.1 Å². The third-order valence-electron chi connectivity index (χ3n) is 3.34. The van der Waals surface area contributed by atoms with Gasteiger partial charge in [0, 0.05) is 6.07 Å². The first kappa shape index (κ1) is 15.9. The van der Waals surface area contributed by atoms with Crippen LogP contribution < -0.4 is 21.7 Å². The van der Waals surface area contributed by atoms with E-state index in [0.717, 1.165) is 12.1 Å². The molecule has 0 aliphatic carbocycles. The Morgan fingerprint density at radius 3 is 2.89 bits per heavy atom. The number of aliphatic hydroxyl groups is 1. The van der Waals surface area contributed by atoms with E-state index in [0.29, 0.717) is 29.9 Å². The molecule has 1 unspecified atom stereocenters. The van der Waals surface area contributed by atoms with E-state index in [2.05, 4.69) is 0 Å². The average Bonchev–Trinajstić information content (AvgIpc) is 2.46. The molecule has 0 bridgehead atoms. The molecule has 106 valence electrons. The molecule has 2 rings (SSSR count). The van der Waals surface area contributed by atoms with Crippen LogP contribution in [0.15, 0.2) is 18.2 Å². The number of likely N-dealkylation sites (N-methyl/N-ethyl adjacent to an activating group) is 1. The van der Waals surface area contributed by atoms with E-state index in [9.17, 15) is 10.1 Å². The highest BCUT2D eigenvalue weighted by Crippen LogP contribution is 2.34. The number of rotatable bonds is 3. The van der Waals surface area contributed by atoms with Crippen molar-refractivity contribution in [1.82, 2.24) is 0 Å². The van der Waals surface area contributed by atoms with Crippen molar-refractivity contribution < 1.29 is 36.2 Å². The lowest BCUT2D eigenvalue weighted by Gasteiger charge is -2.31. The van der Waals surface area contributed by atoms with Crippen LogP contribution in [0, 0.1) is 10.1 Å². The van der Waals surface area contributed by atoms with Crippen molar-refractivity contribution in [2.24, 2.45) is 0 Å². The predicted molar refractivity (Wildman–Crippen MR) is 65.3 cm³/mol. The molecule has 1 aliphatic heterocycles. The van der Waals surface area contributed by atoms with E-state index in [1.165, 1.54) is 6.07 Å². The lowest BCUT2D eigenvalue weighted by Crippen LogP contribution is -3.00. The molecule has 19 heavy (non-hydrogen) atoms. The Morgan fingerprint density at radius 1 is 1.53 bits per heavy atom. The SMILES string of the molecule is C[N+]1(CCO)CCOc2c(cccc2[N+](=O)[O-])C1.[Br-]. The Morgan fingerprint density at radius 2 is 2.26 bits per heavy atom. The smallest absolute Gasteiger partial charge is 0.311 e. The molecule has 7 heteroatoms. The first-order chi connectivity index (χ1) is 8.56. The minimum Gasteiger partial charge on any atom is -1.00 e. The zero-order valence-corrected chi connectivity index (χ0v) is 12.3. The molecule has 1 aromatic carbocycles. The molecule has 0 amide bonds. The molecule has 0 saturated heterocycles. The number of fused-ring (bicyclic) bond motifs is 1. The molecular formula is C12H17BrN2O4. The van der Waals surface area contributed by atoms with Gasteiger partial charge in [0.2, 0.25) is 5.75 Å². The van der Waals surface area contributed by atoms with Gasteiger partial charge in [-0.2, -0.15) is 0 Å². The fourth-order valence-electron chi connectivity index (χ4n) is 2.30. The van der Waals surface area contributed by atoms with Gasteiger partial charge in [-0.15, -0.1) is 0 Å². The summed E-state index contributed by atoms with van der Waals surface area (Å²) in [6, 6.07) is 4.98. The van der Waals surface area contributed by atoms with Crippen LogP contribution in [0.3, 0.4) is 0 Å². The minimum atomic E-state index is -0.416. The van der Waals surface area contributed by atoms with Crippen LogP contribution >= 0.6 is 0 Å². The van der Waals surface area contributed by atoms with E-state index >= 15 is 0 Å². The van der Waals surface area contributed by atoms with E-state index in [1.807, 2.05) is 13.1 Å². The second kappa shape index (κ2) is 6.31. The predicted octanol–water partition coefficient (Wildman–Crippen LogP) is -2.07. The fraction of sp³-hybridized carbons (Fsp3) is 0.500. The Bertz CT molecular complexity index is 469. The molecule has 0 saturated carbocycles. The van der Waals surface area contributed by atoms with Crippen LogP contribution in [0.1, 0.15) is 5.56 Å². The summed E-state index contributed by atoms with van der Waals surface area (Å²) in [6.07, 6.45) is 0. The molecule has 1 atom stereocenters. The van der Waals surface area contributed by atoms with E-state index in [-0.39, 0.29) is 29.3 Å². The van der Waals surface area contributed by atoms with Crippen molar-refractivity contribution in [2.45, 2.75) is 6.54 Å². The van der Waals surface area contributed by atoms with Crippen molar-refractivity contribution in [1.29, 1.82) is 0 Å². The summed E-state index contributed by atoms with van der Waals surface area (Å²) in [5.74, 6) is 0.377. The maximum absolute atomic E-state index is 11.0. The third-order valence-corrected chi connectivity index (χ3v) is 3.34. The zero-order valence-electron chi connectivity index (χ0n) is 10.7. The molecule has 0 aromatic heterocycles. The largest absolute Gasteiger partial charge is 1.00 e. The second-order valence-electron chi connectivity index (χ2n) is 4.82. The number of halogens is 1. The maximum atomic E-state index is 11.0. The van der Waals surface area contributed by atoms with Crippen molar-refractivity contribution in [3.63, 3.8) is 0 Å². The molecule has 6 nitrogen and oxygen atoms in total. The van der Waals surface area contributed by atoms with Crippen LogP contribution in [0.25, 0.3) is 0 Å². The lowest BCUT2D eigenvalue weighted by atomic mass is 10.1. The van der Waals surface area contributed by atoms with Crippen LogP contribution in [0.5, 0.6) is 5.75 Å². The third kappa shape index (κ3) is 3.43. The molecule has 1 aliphatic rings. The number of benzene rings is 1. The molecule has 1 aromatic rings. The number of nitro benzene ring substituents is 1. The fourth-order valence-corrected chi connectivity index (χ4v) is 2.30. The average molecular weight is 333 g/mol. The topological polar surface area (TPSA) is 72.6 Å². The number of quaternary nitrogens is 1. The zero-order chi connectivity index (χ0) is 13.2. The van der Waals surface area contributed by atoms with Crippen molar-refractivity contribution in [2.75, 3.05) is 33.4 Å². The standard InChI is InChI=1S/C12H17N2O4.BrH/c1-14(5-7-15)6-8-18-12-10(9-14)3-2-4-11(12)13(16)17;/h2-4,15H,5-9H2,1H3;1H/q+1;/p-1. The van der Waals surface area contributed by atoms with Gasteiger partial charge in [-0.05, 0) is 6.07 Å². The number of hydrogen-bond acceptors (Lipinski definition) is 4. The number of aliphatic hydroxyl groups excluding tert-OH is 1. The minimum absolute atomic E-state index is 0. The molecule has 1 heterocycles. The first-order valence-electron chi connectivity index (χ1n) is 5.89. The van der Waals surface area contributed by atoms with Gasteiger partial charge >= 0.3 is 5.69 Å². The normalized spacial score (nSPS) is 21.6. The van der Waals surface area contributed by atoms with Crippen molar-refractivity contribution >= 4 is 5.69 Å². The molecule has 1 N–H and O–H groups in total. The maximum Gasteiger partial charge on any atom is 0.311 e. The molecule has 0 fully saturated rings. The summed E-state index contributed by atoms with van der Waals surface area (Å²) >= 11 is 0. The van der Waals surface area contributed by atoms with Crippen molar-refractivity contribution in [3.8, 4) is 5.75 Å². The van der Waals surface area contributed by atoms with Gasteiger partial charge in [0.1, 0.15) is 26.2 Å². The Balaban J connectivity index is 0.00000180. The van der Waals surface area contributed by atoms with E-state index < -0.39 is 4.92 Å². The van der Waals surface area contributed by atoms with Crippen LogP contribution in [0.2, 0.25) is 0 Å². The van der Waals surface area contributed by atoms with E-state index in [4.69, 9.17) is 9.84 Å². The summed E-state index contributed by atoms with van der Waals surface area (Å²) in [6.45, 7) is 2.50. The summed E-state index contributed by atoms with van der Waals surface area (Å²) < 4.78 is 6.17. The summed E-state index contributed by atoms with van der Waals surface area (Å²) in [4.78, 5) is 10.5.